The van der Waals surface area contributed by atoms with Crippen LogP contribution in [-0.2, 0) is 16.8 Å². The van der Waals surface area contributed by atoms with Gasteiger partial charge in [-0.1, -0.05) is 39.0 Å². The molecule has 5 nitrogen and oxygen atoms in total. The van der Waals surface area contributed by atoms with Crippen LogP contribution < -0.4 is 10.2 Å². The van der Waals surface area contributed by atoms with Gasteiger partial charge in [-0.05, 0) is 12.8 Å². The van der Waals surface area contributed by atoms with Crippen LogP contribution in [0.1, 0.15) is 51.1 Å². The van der Waals surface area contributed by atoms with E-state index in [-0.39, 0.29) is 17.2 Å². The molecule has 3 aliphatic rings. The van der Waals surface area contributed by atoms with Crippen molar-refractivity contribution < 1.29 is 4.79 Å². The Hall–Kier alpha value is -1.14. The van der Waals surface area contributed by atoms with Crippen molar-refractivity contribution in [3.63, 3.8) is 0 Å². The molecule has 2 atom stereocenters. The van der Waals surface area contributed by atoms with Crippen molar-refractivity contribution in [2.75, 3.05) is 24.5 Å². The minimum atomic E-state index is -0.0695. The Morgan fingerprint density at radius 3 is 2.58 bits per heavy atom. The molecule has 4 rings (SSSR count). The molecule has 4 heterocycles. The van der Waals surface area contributed by atoms with Gasteiger partial charge in [-0.15, -0.1) is 0 Å². The van der Waals surface area contributed by atoms with Crippen LogP contribution in [0, 0.1) is 5.92 Å². The largest absolute Gasteiger partial charge is 0.340 e. The Morgan fingerprint density at radius 2 is 1.96 bits per heavy atom. The van der Waals surface area contributed by atoms with Crippen molar-refractivity contribution in [1.29, 1.82) is 0 Å². The third-order valence-electron chi connectivity index (χ3n) is 5.65. The van der Waals surface area contributed by atoms with Crippen molar-refractivity contribution in [2.24, 2.45) is 5.92 Å². The van der Waals surface area contributed by atoms with Gasteiger partial charge >= 0.3 is 0 Å². The third kappa shape index (κ3) is 2.54. The normalized spacial score (nSPS) is 28.4. The summed E-state index contributed by atoms with van der Waals surface area (Å²) in [5, 5.41) is 4.72. The molecule has 24 heavy (non-hydrogen) atoms. The summed E-state index contributed by atoms with van der Waals surface area (Å²) in [4.78, 5) is 23.5. The van der Waals surface area contributed by atoms with E-state index >= 15 is 0 Å². The number of amides is 1. The molecule has 2 unspecified atom stereocenters. The number of aromatic nitrogens is 1. The highest BCUT2D eigenvalue weighted by Crippen LogP contribution is 2.42. The Bertz CT molecular complexity index is 637. The molecule has 1 aromatic rings. The fourth-order valence-electron chi connectivity index (χ4n) is 4.48. The van der Waals surface area contributed by atoms with E-state index in [9.17, 15) is 4.79 Å². The summed E-state index contributed by atoms with van der Waals surface area (Å²) in [6, 6.07) is 1.18. The van der Waals surface area contributed by atoms with E-state index in [1.54, 1.807) is 0 Å². The van der Waals surface area contributed by atoms with Crippen LogP contribution in [-0.4, -0.2) is 47.5 Å². The van der Waals surface area contributed by atoms with Crippen LogP contribution in [0.3, 0.4) is 0 Å². The number of carbonyl (C=O) groups excluding carboxylic acids is 1. The number of nitrogens with one attached hydrogen (secondary N) is 1. The van der Waals surface area contributed by atoms with E-state index in [0.29, 0.717) is 12.1 Å². The monoisotopic (exact) mass is 348 g/mol. The minimum Gasteiger partial charge on any atom is -0.340 e. The number of rotatable bonds is 2. The average Bonchev–Trinajstić information content (AvgIpc) is 3.04. The van der Waals surface area contributed by atoms with Gasteiger partial charge in [0, 0.05) is 47.9 Å². The van der Waals surface area contributed by atoms with Crippen LogP contribution in [0.15, 0.2) is 0 Å². The van der Waals surface area contributed by atoms with E-state index in [4.69, 9.17) is 4.98 Å². The molecule has 2 bridgehead atoms. The second-order valence-electron chi connectivity index (χ2n) is 8.45. The van der Waals surface area contributed by atoms with Crippen LogP contribution in [0.5, 0.6) is 0 Å². The molecular formula is C18H28N4OS. The fourth-order valence-corrected chi connectivity index (χ4v) is 5.88. The van der Waals surface area contributed by atoms with E-state index in [1.165, 1.54) is 28.5 Å². The summed E-state index contributed by atoms with van der Waals surface area (Å²) in [6.45, 7) is 12.1. The van der Waals surface area contributed by atoms with E-state index in [1.807, 2.05) is 30.1 Å². The zero-order chi connectivity index (χ0) is 17.1. The molecule has 0 aliphatic carbocycles. The Kier molecular flexibility index (Phi) is 3.88. The Morgan fingerprint density at radius 1 is 1.29 bits per heavy atom. The van der Waals surface area contributed by atoms with Gasteiger partial charge in [-0.25, -0.2) is 4.98 Å². The predicted octanol–water partition coefficient (Wildman–Crippen LogP) is 2.36. The molecule has 1 aromatic heterocycles. The molecule has 0 saturated carbocycles. The van der Waals surface area contributed by atoms with Crippen molar-refractivity contribution in [3.05, 3.63) is 10.6 Å². The Balaban J connectivity index is 1.66. The lowest BCUT2D eigenvalue weighted by Gasteiger charge is -2.37. The van der Waals surface area contributed by atoms with Gasteiger partial charge in [0.15, 0.2) is 5.13 Å². The average molecular weight is 349 g/mol. The van der Waals surface area contributed by atoms with Gasteiger partial charge in [0.1, 0.15) is 0 Å². The Labute approximate surface area is 148 Å². The quantitative estimate of drug-likeness (QED) is 0.891. The molecular weight excluding hydrogens is 320 g/mol. The van der Waals surface area contributed by atoms with Gasteiger partial charge in [-0.2, -0.15) is 0 Å². The summed E-state index contributed by atoms with van der Waals surface area (Å²) in [5.41, 5.74) is 1.15. The standard InChI is InChI=1S/C18H28N4OS/c1-11(2)16(23)21-9-14-15(18(3,4)10-21)20-17(24-14)22-12-5-6-13(22)8-19-7-12/h11-13,19H,5-10H2,1-4H3. The van der Waals surface area contributed by atoms with Gasteiger partial charge in [-0.3, -0.25) is 4.79 Å². The summed E-state index contributed by atoms with van der Waals surface area (Å²) < 4.78 is 0. The first-order valence-electron chi connectivity index (χ1n) is 9.15. The molecule has 2 saturated heterocycles. The van der Waals surface area contributed by atoms with Crippen molar-refractivity contribution >= 4 is 22.4 Å². The molecule has 0 aromatic carbocycles. The highest BCUT2D eigenvalue weighted by Gasteiger charge is 2.42. The zero-order valence-electron chi connectivity index (χ0n) is 15.1. The molecule has 0 spiro atoms. The summed E-state index contributed by atoms with van der Waals surface area (Å²) >= 11 is 1.82. The highest BCUT2D eigenvalue weighted by molar-refractivity contribution is 7.15. The van der Waals surface area contributed by atoms with Crippen molar-refractivity contribution in [2.45, 2.75) is 64.6 Å². The number of hydrogen-bond acceptors (Lipinski definition) is 5. The van der Waals surface area contributed by atoms with Crippen LogP contribution in [0.25, 0.3) is 0 Å². The number of piperazine rings is 1. The lowest BCUT2D eigenvalue weighted by atomic mass is 9.85. The zero-order valence-corrected chi connectivity index (χ0v) is 15.9. The number of thiazole rings is 1. The summed E-state index contributed by atoms with van der Waals surface area (Å²) in [6.07, 6.45) is 2.53. The van der Waals surface area contributed by atoms with Gasteiger partial charge in [0.05, 0.1) is 12.2 Å². The highest BCUT2D eigenvalue weighted by atomic mass is 32.1. The maximum absolute atomic E-state index is 12.5. The first-order valence-corrected chi connectivity index (χ1v) is 9.96. The SMILES string of the molecule is CC(C)C(=O)N1Cc2sc(N3C4CCC3CNC4)nc2C(C)(C)C1. The van der Waals surface area contributed by atoms with Crippen LogP contribution in [0.4, 0.5) is 5.13 Å². The second kappa shape index (κ2) is 5.70. The smallest absolute Gasteiger partial charge is 0.225 e. The summed E-state index contributed by atoms with van der Waals surface area (Å²) in [5.74, 6) is 0.310. The predicted molar refractivity (Wildman–Crippen MR) is 97.6 cm³/mol. The molecule has 0 radical (unpaired) electrons. The second-order valence-corrected chi connectivity index (χ2v) is 9.51. The van der Waals surface area contributed by atoms with Crippen molar-refractivity contribution in [1.82, 2.24) is 15.2 Å². The van der Waals surface area contributed by atoms with Crippen molar-refractivity contribution in [3.8, 4) is 0 Å². The van der Waals surface area contributed by atoms with Crippen LogP contribution in [0.2, 0.25) is 0 Å². The lowest BCUT2D eigenvalue weighted by Crippen LogP contribution is -2.52. The topological polar surface area (TPSA) is 48.5 Å². The van der Waals surface area contributed by atoms with Crippen LogP contribution >= 0.6 is 11.3 Å². The number of nitrogens with zero attached hydrogens (tertiary/aromatic N) is 3. The molecule has 1 N–H and O–H groups in total. The number of carbonyl (C=O) groups is 1. The number of hydrogen-bond donors (Lipinski definition) is 1. The van der Waals surface area contributed by atoms with Gasteiger partial charge < -0.3 is 15.1 Å². The van der Waals surface area contributed by atoms with E-state index in [2.05, 4.69) is 24.1 Å². The third-order valence-corrected chi connectivity index (χ3v) is 6.71. The van der Waals surface area contributed by atoms with E-state index in [0.717, 1.165) is 26.2 Å². The molecule has 132 valence electrons. The first kappa shape index (κ1) is 16.3. The number of anilines is 1. The van der Waals surface area contributed by atoms with Gasteiger partial charge in [0.2, 0.25) is 5.91 Å². The summed E-state index contributed by atoms with van der Waals surface area (Å²) in [7, 11) is 0. The lowest BCUT2D eigenvalue weighted by molar-refractivity contribution is -0.136. The number of fused-ring (bicyclic) bond motifs is 3. The van der Waals surface area contributed by atoms with Gasteiger partial charge in [0.25, 0.3) is 0 Å². The maximum atomic E-state index is 12.5. The fraction of sp³-hybridized carbons (Fsp3) is 0.778. The maximum Gasteiger partial charge on any atom is 0.225 e. The first-order chi connectivity index (χ1) is 11.4. The van der Waals surface area contributed by atoms with E-state index < -0.39 is 0 Å². The minimum absolute atomic E-state index is 0.0544. The molecule has 2 fully saturated rings. The molecule has 6 heteroatoms. The molecule has 3 aliphatic heterocycles. The molecule has 1 amide bonds.